The first-order valence-electron chi connectivity index (χ1n) is 5.51. The second-order valence-electron chi connectivity index (χ2n) is 4.01. The lowest BCUT2D eigenvalue weighted by atomic mass is 10.1. The summed E-state index contributed by atoms with van der Waals surface area (Å²) in [6, 6.07) is 8.12. The molecule has 0 bridgehead atoms. The number of aromatic nitrogens is 2. The maximum atomic E-state index is 5.67. The van der Waals surface area contributed by atoms with E-state index in [0.29, 0.717) is 4.99 Å². The van der Waals surface area contributed by atoms with Crippen molar-refractivity contribution >= 4 is 39.4 Å². The predicted molar refractivity (Wildman–Crippen MR) is 79.0 cm³/mol. The number of nitrogens with zero attached hydrogens (tertiary/aromatic N) is 2. The molecule has 2 N–H and O–H groups in total. The highest BCUT2D eigenvalue weighted by Crippen LogP contribution is 2.19. The highest BCUT2D eigenvalue weighted by atomic mass is 32.1. The van der Waals surface area contributed by atoms with Gasteiger partial charge in [0.05, 0.1) is 6.54 Å². The molecule has 0 fully saturated rings. The van der Waals surface area contributed by atoms with Crippen LogP contribution in [0, 0.1) is 0 Å². The molecule has 0 atom stereocenters. The Labute approximate surface area is 114 Å². The molecule has 5 heteroatoms. The number of nitrogens with two attached hydrogens (primary N) is 1. The molecule has 0 spiro atoms. The van der Waals surface area contributed by atoms with Gasteiger partial charge in [-0.2, -0.15) is 0 Å². The largest absolute Gasteiger partial charge is 0.389 e. The van der Waals surface area contributed by atoms with Gasteiger partial charge in [-0.05, 0) is 17.5 Å². The molecule has 3 rings (SSSR count). The summed E-state index contributed by atoms with van der Waals surface area (Å²) >= 11 is 6.67. The van der Waals surface area contributed by atoms with Gasteiger partial charge in [-0.1, -0.05) is 24.4 Å². The minimum atomic E-state index is 0.430. The van der Waals surface area contributed by atoms with E-state index >= 15 is 0 Å². The van der Waals surface area contributed by atoms with E-state index < -0.39 is 0 Å². The number of hydrogen-bond acceptors (Lipinski definition) is 3. The average molecular weight is 273 g/mol. The quantitative estimate of drug-likeness (QED) is 0.746. The van der Waals surface area contributed by atoms with Crippen LogP contribution < -0.4 is 5.73 Å². The van der Waals surface area contributed by atoms with E-state index in [1.165, 1.54) is 5.39 Å². The molecule has 0 aliphatic carbocycles. The van der Waals surface area contributed by atoms with Crippen molar-refractivity contribution < 1.29 is 0 Å². The van der Waals surface area contributed by atoms with Gasteiger partial charge in [0.15, 0.2) is 0 Å². The van der Waals surface area contributed by atoms with Crippen molar-refractivity contribution in [3.8, 4) is 0 Å². The van der Waals surface area contributed by atoms with E-state index in [1.807, 2.05) is 29.8 Å². The Hall–Kier alpha value is -1.72. The summed E-state index contributed by atoms with van der Waals surface area (Å²) in [5, 5.41) is 4.27. The van der Waals surface area contributed by atoms with Crippen LogP contribution in [0.2, 0.25) is 0 Å². The van der Waals surface area contributed by atoms with E-state index in [0.717, 1.165) is 22.6 Å². The van der Waals surface area contributed by atoms with E-state index in [2.05, 4.69) is 21.8 Å². The monoisotopic (exact) mass is 273 g/mol. The van der Waals surface area contributed by atoms with Crippen LogP contribution in [0.15, 0.2) is 42.0 Å². The lowest BCUT2D eigenvalue weighted by Gasteiger charge is -2.04. The minimum absolute atomic E-state index is 0.430. The second kappa shape index (κ2) is 4.51. The SMILES string of the molecule is NC(=S)c1ccc2ccn(Cc3nccs3)c2c1. The Balaban J connectivity index is 2.06. The summed E-state index contributed by atoms with van der Waals surface area (Å²) in [6.45, 7) is 0.780. The number of benzene rings is 1. The molecule has 18 heavy (non-hydrogen) atoms. The molecule has 0 saturated heterocycles. The average Bonchev–Trinajstić information content (AvgIpc) is 2.99. The van der Waals surface area contributed by atoms with Gasteiger partial charge in [-0.25, -0.2) is 4.98 Å². The van der Waals surface area contributed by atoms with Crippen molar-refractivity contribution in [3.05, 3.63) is 52.6 Å². The molecule has 0 unspecified atom stereocenters. The van der Waals surface area contributed by atoms with Gasteiger partial charge in [-0.15, -0.1) is 11.3 Å². The van der Waals surface area contributed by atoms with Crippen LogP contribution in [0.3, 0.4) is 0 Å². The molecular weight excluding hydrogens is 262 g/mol. The first kappa shape index (κ1) is 11.4. The van der Waals surface area contributed by atoms with Gasteiger partial charge in [0, 0.05) is 28.9 Å². The maximum absolute atomic E-state index is 5.67. The first-order chi connectivity index (χ1) is 8.74. The smallest absolute Gasteiger partial charge is 0.112 e. The lowest BCUT2D eigenvalue weighted by molar-refractivity contribution is 0.828. The third-order valence-electron chi connectivity index (χ3n) is 2.85. The summed E-state index contributed by atoms with van der Waals surface area (Å²) in [6.07, 6.45) is 3.89. The Morgan fingerprint density at radius 2 is 2.28 bits per heavy atom. The zero-order valence-electron chi connectivity index (χ0n) is 9.54. The van der Waals surface area contributed by atoms with Gasteiger partial charge in [0.1, 0.15) is 10.00 Å². The third-order valence-corrected chi connectivity index (χ3v) is 3.85. The van der Waals surface area contributed by atoms with Crippen LogP contribution >= 0.6 is 23.6 Å². The Kier molecular flexibility index (Phi) is 2.85. The normalized spacial score (nSPS) is 10.9. The molecule has 3 aromatic rings. The van der Waals surface area contributed by atoms with E-state index in [-0.39, 0.29) is 0 Å². The Bertz CT molecular complexity index is 698. The van der Waals surface area contributed by atoms with Gasteiger partial charge >= 0.3 is 0 Å². The molecule has 0 saturated carbocycles. The molecule has 3 nitrogen and oxygen atoms in total. The molecule has 0 radical (unpaired) electrons. The molecule has 1 aromatic carbocycles. The van der Waals surface area contributed by atoms with Crippen molar-refractivity contribution in [1.29, 1.82) is 0 Å². The van der Waals surface area contributed by atoms with Crippen LogP contribution in [0.4, 0.5) is 0 Å². The predicted octanol–water partition coefficient (Wildman–Crippen LogP) is 2.78. The fourth-order valence-electron chi connectivity index (χ4n) is 1.95. The standard InChI is InChI=1S/C13H11N3S2/c14-13(17)10-2-1-9-3-5-16(11(9)7-10)8-12-15-4-6-18-12/h1-7H,8H2,(H2,14,17). The summed E-state index contributed by atoms with van der Waals surface area (Å²) < 4.78 is 2.16. The minimum Gasteiger partial charge on any atom is -0.389 e. The Morgan fingerprint density at radius 3 is 3.00 bits per heavy atom. The van der Waals surface area contributed by atoms with Crippen molar-refractivity contribution in [2.45, 2.75) is 6.54 Å². The van der Waals surface area contributed by atoms with Crippen LogP contribution in [-0.2, 0) is 6.54 Å². The Morgan fingerprint density at radius 1 is 1.39 bits per heavy atom. The van der Waals surface area contributed by atoms with Crippen molar-refractivity contribution in [2.24, 2.45) is 5.73 Å². The molecule has 0 amide bonds. The molecule has 0 aliphatic heterocycles. The maximum Gasteiger partial charge on any atom is 0.112 e. The number of fused-ring (bicyclic) bond motifs is 1. The fraction of sp³-hybridized carbons (Fsp3) is 0.0769. The van der Waals surface area contributed by atoms with Gasteiger partial charge in [-0.3, -0.25) is 0 Å². The van der Waals surface area contributed by atoms with Crippen molar-refractivity contribution in [1.82, 2.24) is 9.55 Å². The zero-order valence-corrected chi connectivity index (χ0v) is 11.2. The summed E-state index contributed by atoms with van der Waals surface area (Å²) in [5.41, 5.74) is 7.71. The highest BCUT2D eigenvalue weighted by molar-refractivity contribution is 7.80. The first-order valence-corrected chi connectivity index (χ1v) is 6.80. The fourth-order valence-corrected chi connectivity index (χ4v) is 2.69. The van der Waals surface area contributed by atoms with Gasteiger partial charge in [0.2, 0.25) is 0 Å². The van der Waals surface area contributed by atoms with E-state index in [9.17, 15) is 0 Å². The molecule has 0 aliphatic rings. The topological polar surface area (TPSA) is 43.8 Å². The number of rotatable bonds is 3. The van der Waals surface area contributed by atoms with Crippen LogP contribution in [0.5, 0.6) is 0 Å². The zero-order chi connectivity index (χ0) is 12.5. The molecule has 2 heterocycles. The second-order valence-corrected chi connectivity index (χ2v) is 5.43. The summed E-state index contributed by atoms with van der Waals surface area (Å²) in [4.78, 5) is 4.73. The summed E-state index contributed by atoms with van der Waals surface area (Å²) in [7, 11) is 0. The van der Waals surface area contributed by atoms with E-state index in [1.54, 1.807) is 11.3 Å². The third kappa shape index (κ3) is 2.02. The van der Waals surface area contributed by atoms with Crippen LogP contribution in [0.25, 0.3) is 10.9 Å². The summed E-state index contributed by atoms with van der Waals surface area (Å²) in [5.74, 6) is 0. The van der Waals surface area contributed by atoms with E-state index in [4.69, 9.17) is 18.0 Å². The van der Waals surface area contributed by atoms with Crippen molar-refractivity contribution in [3.63, 3.8) is 0 Å². The number of thiocarbonyl (C=S) groups is 1. The van der Waals surface area contributed by atoms with Gasteiger partial charge < -0.3 is 10.3 Å². The van der Waals surface area contributed by atoms with Crippen molar-refractivity contribution in [2.75, 3.05) is 0 Å². The van der Waals surface area contributed by atoms with Gasteiger partial charge in [0.25, 0.3) is 0 Å². The number of thiazole rings is 1. The van der Waals surface area contributed by atoms with Crippen LogP contribution in [-0.4, -0.2) is 14.5 Å². The highest BCUT2D eigenvalue weighted by Gasteiger charge is 2.05. The lowest BCUT2D eigenvalue weighted by Crippen LogP contribution is -2.09. The van der Waals surface area contributed by atoms with Crippen LogP contribution in [0.1, 0.15) is 10.6 Å². The molecule has 2 aromatic heterocycles. The number of hydrogen-bond donors (Lipinski definition) is 1. The molecule has 90 valence electrons. The molecular formula is C13H11N3S2.